The molecule has 36 heavy (non-hydrogen) atoms. The fraction of sp³-hybridized carbons (Fsp3) is 0.385. The summed E-state index contributed by atoms with van der Waals surface area (Å²) in [7, 11) is 0. The van der Waals surface area contributed by atoms with Crippen LogP contribution in [0.4, 0.5) is 11.4 Å². The molecule has 10 heteroatoms. The van der Waals surface area contributed by atoms with Crippen LogP contribution in [0.5, 0.6) is 0 Å². The van der Waals surface area contributed by atoms with Gasteiger partial charge in [0, 0.05) is 24.5 Å². The summed E-state index contributed by atoms with van der Waals surface area (Å²) in [4.78, 5) is 50.9. The molecule has 0 aliphatic carbocycles. The molecule has 0 aromatic heterocycles. The number of carbonyl (C=O) groups is 4. The van der Waals surface area contributed by atoms with E-state index in [0.717, 1.165) is 22.3 Å². The molecule has 0 aliphatic heterocycles. The van der Waals surface area contributed by atoms with Crippen LogP contribution in [0.2, 0.25) is 0 Å². The zero-order chi connectivity index (χ0) is 26.8. The molecule has 0 aliphatic rings. The molecule has 0 saturated carbocycles. The number of aliphatic carboxylic acids is 2. The number of nitrogens with zero attached hydrogens (tertiary/aromatic N) is 2. The first-order valence-corrected chi connectivity index (χ1v) is 11.6. The van der Waals surface area contributed by atoms with E-state index in [1.165, 1.54) is 9.80 Å². The summed E-state index contributed by atoms with van der Waals surface area (Å²) in [5.74, 6) is -3.00. The summed E-state index contributed by atoms with van der Waals surface area (Å²) >= 11 is 0. The molecular formula is C26H34N4O6. The molecule has 0 spiro atoms. The van der Waals surface area contributed by atoms with Crippen molar-refractivity contribution < 1.29 is 29.4 Å². The topological polar surface area (TPSA) is 139 Å². The van der Waals surface area contributed by atoms with E-state index in [2.05, 4.69) is 10.6 Å². The van der Waals surface area contributed by atoms with Crippen LogP contribution >= 0.6 is 0 Å². The van der Waals surface area contributed by atoms with Crippen molar-refractivity contribution in [3.63, 3.8) is 0 Å². The maximum absolute atomic E-state index is 12.7. The number of nitrogens with one attached hydrogen (secondary N) is 2. The lowest BCUT2D eigenvalue weighted by atomic mass is 10.1. The zero-order valence-electron chi connectivity index (χ0n) is 21.1. The summed E-state index contributed by atoms with van der Waals surface area (Å²) in [6, 6.07) is 11.2. The van der Waals surface area contributed by atoms with Crippen molar-refractivity contribution in [2.45, 2.75) is 27.7 Å². The summed E-state index contributed by atoms with van der Waals surface area (Å²) in [5, 5.41) is 24.3. The normalized spacial score (nSPS) is 10.9. The molecule has 2 rings (SSSR count). The van der Waals surface area contributed by atoms with Crippen LogP contribution in [0.3, 0.4) is 0 Å². The quantitative estimate of drug-likeness (QED) is 0.330. The average molecular weight is 499 g/mol. The highest BCUT2D eigenvalue weighted by atomic mass is 16.4. The number of anilines is 2. The first kappa shape index (κ1) is 28.5. The monoisotopic (exact) mass is 498 g/mol. The Kier molecular flexibility index (Phi) is 10.6. The Bertz CT molecular complexity index is 990. The summed E-state index contributed by atoms with van der Waals surface area (Å²) in [5.41, 5.74) is 4.89. The molecular weight excluding hydrogens is 464 g/mol. The van der Waals surface area contributed by atoms with Gasteiger partial charge in [0.05, 0.1) is 26.2 Å². The number of carbonyl (C=O) groups excluding carboxylic acids is 2. The minimum Gasteiger partial charge on any atom is -0.480 e. The van der Waals surface area contributed by atoms with E-state index in [1.807, 2.05) is 64.1 Å². The molecule has 0 radical (unpaired) electrons. The number of amides is 2. The summed E-state index contributed by atoms with van der Waals surface area (Å²) in [6.07, 6.45) is 0. The van der Waals surface area contributed by atoms with Crippen molar-refractivity contribution >= 4 is 35.1 Å². The number of carboxylic acid groups (broad SMARTS) is 2. The van der Waals surface area contributed by atoms with Gasteiger partial charge in [-0.25, -0.2) is 0 Å². The molecule has 0 heterocycles. The van der Waals surface area contributed by atoms with Crippen molar-refractivity contribution in [1.29, 1.82) is 0 Å². The highest BCUT2D eigenvalue weighted by Crippen LogP contribution is 2.20. The van der Waals surface area contributed by atoms with E-state index in [0.29, 0.717) is 11.4 Å². The number of benzene rings is 2. The molecule has 0 fully saturated rings. The van der Waals surface area contributed by atoms with Crippen molar-refractivity contribution in [2.24, 2.45) is 0 Å². The van der Waals surface area contributed by atoms with Crippen LogP contribution in [0.1, 0.15) is 22.3 Å². The molecule has 2 aromatic rings. The van der Waals surface area contributed by atoms with Crippen LogP contribution in [-0.2, 0) is 19.2 Å². The maximum Gasteiger partial charge on any atom is 0.317 e. The number of hydrogen-bond donors (Lipinski definition) is 4. The molecule has 0 unspecified atom stereocenters. The van der Waals surface area contributed by atoms with Gasteiger partial charge in [0.2, 0.25) is 11.8 Å². The van der Waals surface area contributed by atoms with Gasteiger partial charge in [0.1, 0.15) is 0 Å². The van der Waals surface area contributed by atoms with Gasteiger partial charge in [-0.15, -0.1) is 0 Å². The third-order valence-electron chi connectivity index (χ3n) is 5.68. The minimum absolute atomic E-state index is 0.0798. The Balaban J connectivity index is 2.04. The summed E-state index contributed by atoms with van der Waals surface area (Å²) in [6.45, 7) is 6.41. The molecule has 2 aromatic carbocycles. The second kappa shape index (κ2) is 13.4. The molecule has 2 amide bonds. The van der Waals surface area contributed by atoms with Crippen LogP contribution in [0, 0.1) is 27.7 Å². The predicted octanol–water partition coefficient (Wildman–Crippen LogP) is 2.27. The fourth-order valence-corrected chi connectivity index (χ4v) is 3.88. The predicted molar refractivity (Wildman–Crippen MR) is 137 cm³/mol. The van der Waals surface area contributed by atoms with E-state index in [9.17, 15) is 29.4 Å². The maximum atomic E-state index is 12.7. The lowest BCUT2D eigenvalue weighted by molar-refractivity contribution is -0.140. The van der Waals surface area contributed by atoms with Crippen molar-refractivity contribution in [1.82, 2.24) is 9.80 Å². The zero-order valence-corrected chi connectivity index (χ0v) is 21.1. The largest absolute Gasteiger partial charge is 0.480 e. The number of carboxylic acids is 2. The van der Waals surface area contributed by atoms with Gasteiger partial charge in [0.15, 0.2) is 0 Å². The fourth-order valence-electron chi connectivity index (χ4n) is 3.88. The van der Waals surface area contributed by atoms with Gasteiger partial charge in [-0.3, -0.25) is 29.0 Å². The van der Waals surface area contributed by atoms with Crippen LogP contribution in [0.25, 0.3) is 0 Å². The summed E-state index contributed by atoms with van der Waals surface area (Å²) < 4.78 is 0. The lowest BCUT2D eigenvalue weighted by Crippen LogP contribution is -2.45. The highest BCUT2D eigenvalue weighted by molar-refractivity contribution is 5.94. The van der Waals surface area contributed by atoms with E-state index >= 15 is 0 Å². The van der Waals surface area contributed by atoms with Gasteiger partial charge >= 0.3 is 11.9 Å². The van der Waals surface area contributed by atoms with Crippen LogP contribution in [-0.4, -0.2) is 83.0 Å². The highest BCUT2D eigenvalue weighted by Gasteiger charge is 2.20. The Morgan fingerprint density at radius 2 is 0.917 bits per heavy atom. The first-order chi connectivity index (χ1) is 17.0. The Labute approximate surface area is 210 Å². The first-order valence-electron chi connectivity index (χ1n) is 11.6. The number of rotatable bonds is 13. The van der Waals surface area contributed by atoms with Gasteiger partial charge in [-0.2, -0.15) is 0 Å². The van der Waals surface area contributed by atoms with Gasteiger partial charge in [-0.05, 0) is 49.9 Å². The second-order valence-corrected chi connectivity index (χ2v) is 8.84. The van der Waals surface area contributed by atoms with Crippen molar-refractivity contribution in [3.05, 3.63) is 58.7 Å². The van der Waals surface area contributed by atoms with Crippen LogP contribution in [0.15, 0.2) is 36.4 Å². The average Bonchev–Trinajstić information content (AvgIpc) is 2.76. The standard InChI is InChI=1S/C26H34N4O6/c1-17-7-5-8-18(2)25(17)27-21(31)13-29(15-23(33)34)11-12-30(16-24(35)36)14-22(32)28-26-19(3)9-6-10-20(26)4/h5-10H,11-16H2,1-4H3,(H,27,31)(H,28,32)(H,33,34)(H,35,36). The van der Waals surface area contributed by atoms with E-state index < -0.39 is 25.0 Å². The molecule has 0 atom stereocenters. The van der Waals surface area contributed by atoms with Gasteiger partial charge < -0.3 is 20.8 Å². The third-order valence-corrected chi connectivity index (χ3v) is 5.68. The molecule has 10 nitrogen and oxygen atoms in total. The molecule has 0 bridgehead atoms. The van der Waals surface area contributed by atoms with Gasteiger partial charge in [0.25, 0.3) is 0 Å². The number of para-hydroxylation sites is 2. The molecule has 0 saturated heterocycles. The van der Waals surface area contributed by atoms with Crippen LogP contribution < -0.4 is 10.6 Å². The molecule has 4 N–H and O–H groups in total. The Hall–Kier alpha value is -3.76. The Morgan fingerprint density at radius 3 is 1.19 bits per heavy atom. The van der Waals surface area contributed by atoms with Gasteiger partial charge in [-0.1, -0.05) is 36.4 Å². The minimum atomic E-state index is -1.12. The molecule has 194 valence electrons. The van der Waals surface area contributed by atoms with E-state index in [4.69, 9.17) is 0 Å². The van der Waals surface area contributed by atoms with E-state index in [-0.39, 0.29) is 38.0 Å². The lowest BCUT2D eigenvalue weighted by Gasteiger charge is -2.25. The van der Waals surface area contributed by atoms with Crippen molar-refractivity contribution in [2.75, 3.05) is 49.9 Å². The second-order valence-electron chi connectivity index (χ2n) is 8.84. The third kappa shape index (κ3) is 9.12. The SMILES string of the molecule is Cc1cccc(C)c1NC(=O)CN(CCN(CC(=O)O)CC(=O)Nc1c(C)cccc1C)CC(=O)O. The van der Waals surface area contributed by atoms with Crippen molar-refractivity contribution in [3.8, 4) is 0 Å². The number of hydrogen-bond acceptors (Lipinski definition) is 6. The Morgan fingerprint density at radius 1 is 0.611 bits per heavy atom. The van der Waals surface area contributed by atoms with E-state index in [1.54, 1.807) is 0 Å². The number of aryl methyl sites for hydroxylation is 4. The smallest absolute Gasteiger partial charge is 0.317 e.